The fraction of sp³-hybridized carbons (Fsp3) is 0.833. The summed E-state index contributed by atoms with van der Waals surface area (Å²) in [5.41, 5.74) is 0. The summed E-state index contributed by atoms with van der Waals surface area (Å²) >= 11 is 0. The zero-order valence-electron chi connectivity index (χ0n) is 10.8. The van der Waals surface area contributed by atoms with Crippen molar-refractivity contribution in [2.75, 3.05) is 26.4 Å². The van der Waals surface area contributed by atoms with Crippen LogP contribution in [0, 0.1) is 5.92 Å². The van der Waals surface area contributed by atoms with Gasteiger partial charge >= 0.3 is 11.9 Å². The van der Waals surface area contributed by atoms with E-state index in [1.54, 1.807) is 13.8 Å². The molecule has 0 spiro atoms. The van der Waals surface area contributed by atoms with Crippen molar-refractivity contribution in [2.24, 2.45) is 5.92 Å². The van der Waals surface area contributed by atoms with E-state index in [1.165, 1.54) is 0 Å². The number of hydrogen-bond acceptors (Lipinski definition) is 6. The fourth-order valence-corrected chi connectivity index (χ4v) is 1.69. The predicted molar refractivity (Wildman–Crippen MR) is 61.7 cm³/mol. The number of carbonyl (C=O) groups is 2. The maximum atomic E-state index is 11.7. The van der Waals surface area contributed by atoms with Gasteiger partial charge in [0.15, 0.2) is 12.2 Å². The van der Waals surface area contributed by atoms with Crippen LogP contribution in [-0.4, -0.2) is 44.7 Å². The molecule has 104 valence electrons. The third-order valence-electron chi connectivity index (χ3n) is 2.52. The van der Waals surface area contributed by atoms with Crippen LogP contribution in [0.2, 0.25) is 0 Å². The molecule has 1 heterocycles. The van der Waals surface area contributed by atoms with Gasteiger partial charge in [-0.1, -0.05) is 0 Å². The highest BCUT2D eigenvalue weighted by molar-refractivity contribution is 5.94. The molecule has 0 aliphatic carbocycles. The van der Waals surface area contributed by atoms with Gasteiger partial charge in [0.2, 0.25) is 0 Å². The van der Waals surface area contributed by atoms with Gasteiger partial charge in [0, 0.05) is 0 Å². The summed E-state index contributed by atoms with van der Waals surface area (Å²) < 4.78 is 20.2. The lowest BCUT2D eigenvalue weighted by Crippen LogP contribution is -2.29. The molecule has 1 fully saturated rings. The van der Waals surface area contributed by atoms with Crippen LogP contribution in [0.5, 0.6) is 0 Å². The third kappa shape index (κ3) is 4.62. The lowest BCUT2D eigenvalue weighted by molar-refractivity contribution is -0.162. The van der Waals surface area contributed by atoms with Gasteiger partial charge in [-0.05, 0) is 26.7 Å². The fourth-order valence-electron chi connectivity index (χ4n) is 1.69. The minimum Gasteiger partial charge on any atom is -0.465 e. The van der Waals surface area contributed by atoms with E-state index in [1.807, 2.05) is 0 Å². The number of hydrogen-bond donors (Lipinski definition) is 0. The summed E-state index contributed by atoms with van der Waals surface area (Å²) in [4.78, 5) is 23.3. The Hall–Kier alpha value is -1.14. The average molecular weight is 260 g/mol. The first kappa shape index (κ1) is 14.9. The SMILES string of the molecule is CCOC(=O)C(CCC1OCCO1)C(=O)OCC. The molecule has 0 N–H and O–H groups in total. The Morgan fingerprint density at radius 2 is 1.61 bits per heavy atom. The van der Waals surface area contributed by atoms with Crippen molar-refractivity contribution in [3.63, 3.8) is 0 Å². The Morgan fingerprint density at radius 3 is 2.06 bits per heavy atom. The molecule has 0 saturated carbocycles. The predicted octanol–water partition coefficient (Wildman–Crippen LogP) is 0.882. The summed E-state index contributed by atoms with van der Waals surface area (Å²) in [5, 5.41) is 0. The molecule has 0 radical (unpaired) electrons. The van der Waals surface area contributed by atoms with Gasteiger partial charge in [-0.15, -0.1) is 0 Å². The first-order valence-electron chi connectivity index (χ1n) is 6.25. The van der Waals surface area contributed by atoms with E-state index in [2.05, 4.69) is 0 Å². The second kappa shape index (κ2) is 8.05. The number of esters is 2. The van der Waals surface area contributed by atoms with E-state index in [-0.39, 0.29) is 19.5 Å². The van der Waals surface area contributed by atoms with Gasteiger partial charge in [0.25, 0.3) is 0 Å². The monoisotopic (exact) mass is 260 g/mol. The number of carbonyl (C=O) groups excluding carboxylic acids is 2. The topological polar surface area (TPSA) is 71.1 Å². The van der Waals surface area contributed by atoms with E-state index in [0.29, 0.717) is 26.1 Å². The van der Waals surface area contributed by atoms with Gasteiger partial charge in [-0.3, -0.25) is 9.59 Å². The van der Waals surface area contributed by atoms with Gasteiger partial charge in [0.1, 0.15) is 0 Å². The van der Waals surface area contributed by atoms with E-state index in [4.69, 9.17) is 18.9 Å². The Morgan fingerprint density at radius 1 is 1.11 bits per heavy atom. The van der Waals surface area contributed by atoms with Gasteiger partial charge in [-0.2, -0.15) is 0 Å². The summed E-state index contributed by atoms with van der Waals surface area (Å²) in [5.74, 6) is -1.99. The average Bonchev–Trinajstić information content (AvgIpc) is 2.83. The Bertz CT molecular complexity index is 254. The summed E-state index contributed by atoms with van der Waals surface area (Å²) in [6, 6.07) is 0. The van der Waals surface area contributed by atoms with Crippen molar-refractivity contribution in [2.45, 2.75) is 33.0 Å². The highest BCUT2D eigenvalue weighted by atomic mass is 16.7. The maximum Gasteiger partial charge on any atom is 0.320 e. The largest absolute Gasteiger partial charge is 0.465 e. The normalized spacial score (nSPS) is 15.9. The van der Waals surface area contributed by atoms with Crippen molar-refractivity contribution < 1.29 is 28.5 Å². The molecule has 1 aliphatic rings. The molecule has 18 heavy (non-hydrogen) atoms. The number of rotatable bonds is 7. The maximum absolute atomic E-state index is 11.7. The van der Waals surface area contributed by atoms with Crippen LogP contribution in [-0.2, 0) is 28.5 Å². The molecule has 0 amide bonds. The van der Waals surface area contributed by atoms with Gasteiger partial charge in [-0.25, -0.2) is 0 Å². The van der Waals surface area contributed by atoms with Crippen LogP contribution < -0.4 is 0 Å². The zero-order chi connectivity index (χ0) is 13.4. The van der Waals surface area contributed by atoms with Crippen LogP contribution in [0.25, 0.3) is 0 Å². The molecule has 6 heteroatoms. The van der Waals surface area contributed by atoms with Crippen LogP contribution in [0.4, 0.5) is 0 Å². The molecule has 0 aromatic carbocycles. The molecule has 0 atom stereocenters. The Kier molecular flexibility index (Phi) is 6.67. The van der Waals surface area contributed by atoms with Crippen LogP contribution >= 0.6 is 0 Å². The smallest absolute Gasteiger partial charge is 0.320 e. The van der Waals surface area contributed by atoms with Crippen LogP contribution in [0.15, 0.2) is 0 Å². The van der Waals surface area contributed by atoms with Crippen molar-refractivity contribution >= 4 is 11.9 Å². The van der Waals surface area contributed by atoms with Crippen molar-refractivity contribution in [1.29, 1.82) is 0 Å². The summed E-state index contributed by atoms with van der Waals surface area (Å²) in [6.45, 7) is 4.98. The Labute approximate surface area is 107 Å². The highest BCUT2D eigenvalue weighted by Crippen LogP contribution is 2.17. The molecule has 1 aliphatic heterocycles. The van der Waals surface area contributed by atoms with Crippen molar-refractivity contribution in [3.8, 4) is 0 Å². The van der Waals surface area contributed by atoms with E-state index in [9.17, 15) is 9.59 Å². The summed E-state index contributed by atoms with van der Waals surface area (Å²) in [7, 11) is 0. The Balaban J connectivity index is 2.47. The van der Waals surface area contributed by atoms with E-state index < -0.39 is 17.9 Å². The minimum atomic E-state index is -0.891. The molecule has 1 saturated heterocycles. The molecule has 0 unspecified atom stereocenters. The molecule has 0 aromatic rings. The molecule has 0 aromatic heterocycles. The zero-order valence-corrected chi connectivity index (χ0v) is 10.8. The lowest BCUT2D eigenvalue weighted by Gasteiger charge is -2.15. The molecular formula is C12H20O6. The van der Waals surface area contributed by atoms with Gasteiger partial charge in [0.05, 0.1) is 26.4 Å². The molecule has 1 rings (SSSR count). The van der Waals surface area contributed by atoms with Crippen molar-refractivity contribution in [3.05, 3.63) is 0 Å². The second-order valence-corrected chi connectivity index (χ2v) is 3.81. The highest BCUT2D eigenvalue weighted by Gasteiger charge is 2.31. The molecule has 0 bridgehead atoms. The van der Waals surface area contributed by atoms with Crippen LogP contribution in [0.1, 0.15) is 26.7 Å². The number of ether oxygens (including phenoxy) is 4. The van der Waals surface area contributed by atoms with Crippen molar-refractivity contribution in [1.82, 2.24) is 0 Å². The lowest BCUT2D eigenvalue weighted by atomic mass is 10.0. The van der Waals surface area contributed by atoms with Crippen LogP contribution in [0.3, 0.4) is 0 Å². The quantitative estimate of drug-likeness (QED) is 0.500. The minimum absolute atomic E-state index is 0.241. The molecular weight excluding hydrogens is 240 g/mol. The third-order valence-corrected chi connectivity index (χ3v) is 2.52. The van der Waals surface area contributed by atoms with Gasteiger partial charge < -0.3 is 18.9 Å². The molecule has 6 nitrogen and oxygen atoms in total. The first-order valence-corrected chi connectivity index (χ1v) is 6.25. The summed E-state index contributed by atoms with van der Waals surface area (Å²) in [6.07, 6.45) is 0.446. The first-order chi connectivity index (χ1) is 8.69. The van der Waals surface area contributed by atoms with E-state index >= 15 is 0 Å². The standard InChI is InChI=1S/C12H20O6/c1-3-15-11(13)9(12(14)16-4-2)5-6-10-17-7-8-18-10/h9-10H,3-8H2,1-2H3. The second-order valence-electron chi connectivity index (χ2n) is 3.81. The van der Waals surface area contributed by atoms with E-state index in [0.717, 1.165) is 0 Å².